The number of ether oxygens (including phenoxy) is 1. The number of carbonyl (C=O) groups excluding carboxylic acids is 2. The van der Waals surface area contributed by atoms with Gasteiger partial charge in [-0.3, -0.25) is 15.0 Å². The summed E-state index contributed by atoms with van der Waals surface area (Å²) in [6.45, 7) is 3.08. The molecule has 7 nitrogen and oxygen atoms in total. The van der Waals surface area contributed by atoms with Crippen molar-refractivity contribution in [3.63, 3.8) is 0 Å². The number of rotatable bonds is 5. The molecule has 1 aromatic heterocycles. The Balaban J connectivity index is 1.71. The molecule has 2 heterocycles. The van der Waals surface area contributed by atoms with Crippen molar-refractivity contribution >= 4 is 23.3 Å². The Hall–Kier alpha value is -1.51. The number of aromatic nitrogens is 1. The van der Waals surface area contributed by atoms with E-state index in [1.54, 1.807) is 17.5 Å². The van der Waals surface area contributed by atoms with Gasteiger partial charge in [-0.2, -0.15) is 0 Å². The van der Waals surface area contributed by atoms with E-state index in [-0.39, 0.29) is 12.0 Å². The van der Waals surface area contributed by atoms with Gasteiger partial charge in [0.1, 0.15) is 11.1 Å². The van der Waals surface area contributed by atoms with E-state index in [4.69, 9.17) is 10.5 Å². The van der Waals surface area contributed by atoms with Crippen LogP contribution in [-0.2, 0) is 9.53 Å². The third-order valence-electron chi connectivity index (χ3n) is 3.02. The smallest absolute Gasteiger partial charge is 0.318 e. The highest BCUT2D eigenvalue weighted by Crippen LogP contribution is 2.23. The molecule has 8 heteroatoms. The monoisotopic (exact) mass is 298 g/mol. The maximum absolute atomic E-state index is 11.3. The van der Waals surface area contributed by atoms with E-state index in [0.717, 1.165) is 24.6 Å². The molecule has 1 aliphatic heterocycles. The minimum absolute atomic E-state index is 0.0168. The van der Waals surface area contributed by atoms with Crippen LogP contribution in [-0.4, -0.2) is 48.1 Å². The minimum atomic E-state index is -0.801. The highest BCUT2D eigenvalue weighted by molar-refractivity contribution is 7.09. The van der Waals surface area contributed by atoms with E-state index < -0.39 is 6.03 Å². The summed E-state index contributed by atoms with van der Waals surface area (Å²) in [5.41, 5.74) is 4.88. The van der Waals surface area contributed by atoms with E-state index in [1.807, 2.05) is 5.38 Å². The first-order valence-corrected chi connectivity index (χ1v) is 7.36. The highest BCUT2D eigenvalue weighted by Gasteiger charge is 2.23. The summed E-state index contributed by atoms with van der Waals surface area (Å²) in [4.78, 5) is 28.3. The van der Waals surface area contributed by atoms with Gasteiger partial charge in [-0.25, -0.2) is 9.78 Å². The summed E-state index contributed by atoms with van der Waals surface area (Å²) in [7, 11) is 0. The van der Waals surface area contributed by atoms with E-state index in [0.29, 0.717) is 19.4 Å². The second-order valence-electron chi connectivity index (χ2n) is 4.55. The molecule has 1 aromatic rings. The summed E-state index contributed by atoms with van der Waals surface area (Å²) in [6.07, 6.45) is 2.77. The summed E-state index contributed by atoms with van der Waals surface area (Å²) >= 11 is 1.59. The van der Waals surface area contributed by atoms with Crippen molar-refractivity contribution in [3.05, 3.63) is 16.6 Å². The molecule has 0 spiro atoms. The molecule has 1 saturated heterocycles. The van der Waals surface area contributed by atoms with Gasteiger partial charge in [0.2, 0.25) is 5.91 Å². The molecule has 3 N–H and O–H groups in total. The predicted molar refractivity (Wildman–Crippen MR) is 74.2 cm³/mol. The minimum Gasteiger partial charge on any atom is -0.368 e. The van der Waals surface area contributed by atoms with Crippen LogP contribution >= 0.6 is 11.3 Å². The number of thiazole rings is 1. The molecule has 20 heavy (non-hydrogen) atoms. The molecule has 1 fully saturated rings. The maximum Gasteiger partial charge on any atom is 0.318 e. The number of hydrogen-bond donors (Lipinski definition) is 2. The Morgan fingerprint density at radius 2 is 2.45 bits per heavy atom. The summed E-state index contributed by atoms with van der Waals surface area (Å²) in [5, 5.41) is 4.98. The first kappa shape index (κ1) is 14.9. The van der Waals surface area contributed by atoms with Crippen molar-refractivity contribution in [2.75, 3.05) is 26.2 Å². The molecule has 1 unspecified atom stereocenters. The van der Waals surface area contributed by atoms with Crippen molar-refractivity contribution in [1.82, 2.24) is 15.2 Å². The van der Waals surface area contributed by atoms with Gasteiger partial charge in [0.05, 0.1) is 6.61 Å². The maximum atomic E-state index is 11.3. The molecule has 1 aliphatic rings. The second kappa shape index (κ2) is 7.32. The summed E-state index contributed by atoms with van der Waals surface area (Å²) in [5.74, 6) is -0.331. The van der Waals surface area contributed by atoms with Crippen LogP contribution in [0.5, 0.6) is 0 Å². The largest absolute Gasteiger partial charge is 0.368 e. The van der Waals surface area contributed by atoms with Gasteiger partial charge < -0.3 is 10.5 Å². The molecule has 0 aromatic carbocycles. The van der Waals surface area contributed by atoms with Crippen molar-refractivity contribution in [3.8, 4) is 0 Å². The van der Waals surface area contributed by atoms with Crippen molar-refractivity contribution in [2.24, 2.45) is 5.73 Å². The van der Waals surface area contributed by atoms with Crippen LogP contribution in [0.1, 0.15) is 24.0 Å². The molecule has 110 valence electrons. The summed E-state index contributed by atoms with van der Waals surface area (Å²) in [6, 6.07) is -0.801. The average Bonchev–Trinajstić information content (AvgIpc) is 2.92. The molecule has 1 atom stereocenters. The Morgan fingerprint density at radius 3 is 3.15 bits per heavy atom. The first-order valence-electron chi connectivity index (χ1n) is 6.48. The third-order valence-corrected chi connectivity index (χ3v) is 3.89. The lowest BCUT2D eigenvalue weighted by Crippen LogP contribution is -2.39. The van der Waals surface area contributed by atoms with Crippen molar-refractivity contribution in [2.45, 2.75) is 18.9 Å². The van der Waals surface area contributed by atoms with Gasteiger partial charge in [-0.15, -0.1) is 11.3 Å². The Bertz CT molecular complexity index is 452. The van der Waals surface area contributed by atoms with Gasteiger partial charge in [0, 0.05) is 31.1 Å². The predicted octanol–water partition coefficient (Wildman–Crippen LogP) is 0.491. The molecular formula is C12H18N4O3S. The number of carbonyl (C=O) groups is 2. The van der Waals surface area contributed by atoms with Crippen molar-refractivity contribution < 1.29 is 14.3 Å². The van der Waals surface area contributed by atoms with Crippen molar-refractivity contribution in [1.29, 1.82) is 0 Å². The number of hydrogen-bond acceptors (Lipinski definition) is 6. The lowest BCUT2D eigenvalue weighted by molar-refractivity contribution is -0.120. The van der Waals surface area contributed by atoms with Crippen LogP contribution in [0.2, 0.25) is 0 Å². The zero-order valence-electron chi connectivity index (χ0n) is 11.1. The van der Waals surface area contributed by atoms with Crippen LogP contribution in [0, 0.1) is 0 Å². The number of primary amides is 1. The number of imide groups is 1. The zero-order chi connectivity index (χ0) is 14.4. The number of nitrogens with one attached hydrogen (secondary N) is 1. The molecule has 0 aliphatic carbocycles. The highest BCUT2D eigenvalue weighted by atomic mass is 32.1. The quantitative estimate of drug-likeness (QED) is 0.824. The van der Waals surface area contributed by atoms with E-state index >= 15 is 0 Å². The number of urea groups is 1. The van der Waals surface area contributed by atoms with Gasteiger partial charge in [0.15, 0.2) is 0 Å². The number of morpholine rings is 1. The molecule has 3 amide bonds. The number of nitrogens with two attached hydrogens (primary N) is 1. The van der Waals surface area contributed by atoms with Gasteiger partial charge >= 0.3 is 6.03 Å². The topological polar surface area (TPSA) is 97.5 Å². The SMILES string of the molecule is NC(=O)NC(=O)CCCN1CCOC(c2nccs2)C1. The fraction of sp³-hybridized carbons (Fsp3) is 0.583. The molecule has 0 radical (unpaired) electrons. The van der Waals surface area contributed by atoms with E-state index in [2.05, 4.69) is 15.2 Å². The normalized spacial score (nSPS) is 19.7. The van der Waals surface area contributed by atoms with Crippen LogP contribution in [0.25, 0.3) is 0 Å². The lowest BCUT2D eigenvalue weighted by Gasteiger charge is -2.31. The van der Waals surface area contributed by atoms with Crippen LogP contribution in [0.3, 0.4) is 0 Å². The van der Waals surface area contributed by atoms with Gasteiger partial charge in [-0.05, 0) is 13.0 Å². The fourth-order valence-corrected chi connectivity index (χ4v) is 2.79. The Kier molecular flexibility index (Phi) is 5.45. The number of nitrogens with zero attached hydrogens (tertiary/aromatic N) is 2. The molecular weight excluding hydrogens is 280 g/mol. The van der Waals surface area contributed by atoms with Crippen LogP contribution < -0.4 is 11.1 Å². The van der Waals surface area contributed by atoms with Gasteiger partial charge in [0.25, 0.3) is 0 Å². The standard InChI is InChI=1S/C12H18N4O3S/c13-12(18)15-10(17)2-1-4-16-5-6-19-9(8-16)11-14-3-7-20-11/h3,7,9H,1-2,4-6,8H2,(H3,13,15,17,18). The first-order chi connectivity index (χ1) is 9.65. The third kappa shape index (κ3) is 4.55. The molecule has 0 bridgehead atoms. The zero-order valence-corrected chi connectivity index (χ0v) is 11.9. The summed E-state index contributed by atoms with van der Waals surface area (Å²) < 4.78 is 5.70. The second-order valence-corrected chi connectivity index (χ2v) is 5.47. The number of amides is 3. The van der Waals surface area contributed by atoms with E-state index in [9.17, 15) is 9.59 Å². The van der Waals surface area contributed by atoms with Crippen LogP contribution in [0.4, 0.5) is 4.79 Å². The molecule has 0 saturated carbocycles. The van der Waals surface area contributed by atoms with Crippen LogP contribution in [0.15, 0.2) is 11.6 Å². The Labute approximate surface area is 121 Å². The Morgan fingerprint density at radius 1 is 1.60 bits per heavy atom. The fourth-order valence-electron chi connectivity index (χ4n) is 2.11. The lowest BCUT2D eigenvalue weighted by atomic mass is 10.2. The molecule has 2 rings (SSSR count). The average molecular weight is 298 g/mol. The van der Waals surface area contributed by atoms with Gasteiger partial charge in [-0.1, -0.05) is 0 Å². The van der Waals surface area contributed by atoms with E-state index in [1.165, 1.54) is 0 Å².